The van der Waals surface area contributed by atoms with Crippen molar-refractivity contribution >= 4 is 17.6 Å². The van der Waals surface area contributed by atoms with E-state index in [1.165, 1.54) is 19.5 Å². The van der Waals surface area contributed by atoms with Gasteiger partial charge in [0.2, 0.25) is 5.88 Å². The number of amidine groups is 1. The van der Waals surface area contributed by atoms with Crippen molar-refractivity contribution in [2.45, 2.75) is 19.4 Å². The van der Waals surface area contributed by atoms with Crippen molar-refractivity contribution in [3.63, 3.8) is 0 Å². The van der Waals surface area contributed by atoms with Crippen LogP contribution in [-0.2, 0) is 10.3 Å². The van der Waals surface area contributed by atoms with Crippen LogP contribution >= 0.6 is 0 Å². The second kappa shape index (κ2) is 6.79. The summed E-state index contributed by atoms with van der Waals surface area (Å²) >= 11 is 0. The van der Waals surface area contributed by atoms with Gasteiger partial charge in [0.05, 0.1) is 25.2 Å². The average molecular weight is 354 g/mol. The minimum Gasteiger partial charge on any atom is -0.480 e. The van der Waals surface area contributed by atoms with Gasteiger partial charge in [-0.25, -0.2) is 15.0 Å². The van der Waals surface area contributed by atoms with E-state index in [1.807, 2.05) is 13.0 Å². The molecule has 1 aliphatic heterocycles. The van der Waals surface area contributed by atoms with Crippen LogP contribution in [0.4, 0.5) is 5.69 Å². The Balaban J connectivity index is 1.83. The molecule has 0 radical (unpaired) electrons. The molecule has 3 rings (SSSR count). The van der Waals surface area contributed by atoms with Gasteiger partial charge < -0.3 is 20.5 Å². The van der Waals surface area contributed by atoms with Gasteiger partial charge in [-0.05, 0) is 32.1 Å². The summed E-state index contributed by atoms with van der Waals surface area (Å²) < 4.78 is 10.2. The number of methoxy groups -OCH3 is 1. The highest BCUT2D eigenvalue weighted by Crippen LogP contribution is 2.31. The van der Waals surface area contributed by atoms with Crippen LogP contribution < -0.4 is 15.8 Å². The van der Waals surface area contributed by atoms with E-state index in [0.717, 1.165) is 0 Å². The quantitative estimate of drug-likeness (QED) is 0.854. The van der Waals surface area contributed by atoms with Crippen molar-refractivity contribution in [2.75, 3.05) is 12.4 Å². The van der Waals surface area contributed by atoms with E-state index in [1.54, 1.807) is 25.3 Å². The van der Waals surface area contributed by atoms with Crippen molar-refractivity contribution in [1.82, 2.24) is 15.0 Å². The van der Waals surface area contributed by atoms with Crippen LogP contribution in [0.5, 0.6) is 5.88 Å². The summed E-state index contributed by atoms with van der Waals surface area (Å²) in [5, 5.41) is 2.76. The van der Waals surface area contributed by atoms with E-state index in [-0.39, 0.29) is 11.7 Å². The minimum absolute atomic E-state index is 0.0669. The zero-order valence-electron chi connectivity index (χ0n) is 14.6. The third-order valence-corrected chi connectivity index (χ3v) is 3.70. The summed E-state index contributed by atoms with van der Waals surface area (Å²) in [6.07, 6.45) is 6.11. The van der Waals surface area contributed by atoms with Crippen molar-refractivity contribution < 1.29 is 14.3 Å². The third kappa shape index (κ3) is 3.61. The molecular weight excluding hydrogens is 336 g/mol. The lowest BCUT2D eigenvalue weighted by Crippen LogP contribution is -2.30. The topological polar surface area (TPSA) is 125 Å². The number of anilines is 1. The maximum atomic E-state index is 12.3. The Kier molecular flexibility index (Phi) is 4.53. The number of nitrogens with two attached hydrogens (primary N) is 1. The van der Waals surface area contributed by atoms with Gasteiger partial charge in [0.1, 0.15) is 17.0 Å². The standard InChI is InChI=1S/C17H18N6O3/c1-10-7-17(2,23-16(18)26-10)13-6-11(4-5-19-13)22-15(24)12-8-21-14(25-3)9-20-12/h4-9H,1-3H3,(H2,18,23)(H,19,22,24)/t17-/m0/s1. The number of aliphatic imine (C=N–C) groups is 1. The van der Waals surface area contributed by atoms with E-state index in [4.69, 9.17) is 15.2 Å². The molecule has 3 N–H and O–H groups in total. The lowest BCUT2D eigenvalue weighted by atomic mass is 9.96. The van der Waals surface area contributed by atoms with Crippen LogP contribution in [0.3, 0.4) is 0 Å². The Hall–Kier alpha value is -3.49. The summed E-state index contributed by atoms with van der Waals surface area (Å²) in [5.74, 6) is 0.562. The molecule has 0 fully saturated rings. The number of amides is 1. The summed E-state index contributed by atoms with van der Waals surface area (Å²) in [5.41, 5.74) is 6.26. The first-order valence-corrected chi connectivity index (χ1v) is 7.76. The summed E-state index contributed by atoms with van der Waals surface area (Å²) in [4.78, 5) is 29.0. The highest BCUT2D eigenvalue weighted by Gasteiger charge is 2.30. The van der Waals surface area contributed by atoms with Crippen LogP contribution in [0.2, 0.25) is 0 Å². The lowest BCUT2D eigenvalue weighted by molar-refractivity contribution is 0.102. The molecule has 1 aliphatic rings. The Morgan fingerprint density at radius 1 is 1.31 bits per heavy atom. The molecule has 0 unspecified atom stereocenters. The van der Waals surface area contributed by atoms with E-state index < -0.39 is 11.4 Å². The molecule has 9 heteroatoms. The Morgan fingerprint density at radius 3 is 2.77 bits per heavy atom. The number of allylic oxidation sites excluding steroid dienone is 1. The highest BCUT2D eigenvalue weighted by atomic mass is 16.5. The average Bonchev–Trinajstić information content (AvgIpc) is 2.61. The SMILES string of the molecule is COc1cnc(C(=O)Nc2ccnc([C@]3(C)C=C(C)OC(N)=N3)c2)cn1. The molecule has 134 valence electrons. The molecule has 26 heavy (non-hydrogen) atoms. The van der Waals surface area contributed by atoms with Crippen molar-refractivity contribution in [3.8, 4) is 5.88 Å². The molecule has 0 aliphatic carbocycles. The molecule has 0 aromatic carbocycles. The summed E-state index contributed by atoms with van der Waals surface area (Å²) in [6.45, 7) is 3.64. The van der Waals surface area contributed by atoms with Gasteiger partial charge in [-0.3, -0.25) is 9.78 Å². The van der Waals surface area contributed by atoms with Crippen molar-refractivity contribution in [1.29, 1.82) is 0 Å². The Labute approximate surface area is 150 Å². The Bertz CT molecular complexity index is 874. The van der Waals surface area contributed by atoms with Gasteiger partial charge in [-0.1, -0.05) is 0 Å². The minimum atomic E-state index is -0.785. The molecule has 3 heterocycles. The van der Waals surface area contributed by atoms with E-state index in [2.05, 4.69) is 25.3 Å². The van der Waals surface area contributed by atoms with E-state index >= 15 is 0 Å². The van der Waals surface area contributed by atoms with Gasteiger partial charge >= 0.3 is 0 Å². The van der Waals surface area contributed by atoms with Gasteiger partial charge in [0.15, 0.2) is 0 Å². The third-order valence-electron chi connectivity index (χ3n) is 3.70. The molecule has 2 aromatic heterocycles. The molecule has 0 bridgehead atoms. The van der Waals surface area contributed by atoms with Crippen molar-refractivity contribution in [2.24, 2.45) is 10.7 Å². The van der Waals surface area contributed by atoms with E-state index in [0.29, 0.717) is 23.0 Å². The molecule has 9 nitrogen and oxygen atoms in total. The first-order valence-electron chi connectivity index (χ1n) is 7.76. The van der Waals surface area contributed by atoms with Crippen LogP contribution in [0, 0.1) is 0 Å². The number of carbonyl (C=O) groups excluding carboxylic acids is 1. The number of nitrogens with zero attached hydrogens (tertiary/aromatic N) is 4. The molecule has 0 saturated heterocycles. The summed E-state index contributed by atoms with van der Waals surface area (Å²) in [6, 6.07) is 3.46. The molecule has 1 atom stereocenters. The second-order valence-corrected chi connectivity index (χ2v) is 5.78. The summed E-state index contributed by atoms with van der Waals surface area (Å²) in [7, 11) is 1.48. The van der Waals surface area contributed by atoms with Crippen molar-refractivity contribution in [3.05, 3.63) is 53.9 Å². The van der Waals surface area contributed by atoms with E-state index in [9.17, 15) is 4.79 Å². The Morgan fingerprint density at radius 2 is 2.12 bits per heavy atom. The zero-order valence-corrected chi connectivity index (χ0v) is 14.6. The molecular formula is C17H18N6O3. The fourth-order valence-electron chi connectivity index (χ4n) is 2.52. The first-order chi connectivity index (χ1) is 12.4. The smallest absolute Gasteiger partial charge is 0.288 e. The number of ether oxygens (including phenoxy) is 2. The lowest BCUT2D eigenvalue weighted by Gasteiger charge is -2.26. The number of aromatic nitrogens is 3. The van der Waals surface area contributed by atoms with Gasteiger partial charge in [-0.2, -0.15) is 0 Å². The highest BCUT2D eigenvalue weighted by molar-refractivity contribution is 6.02. The number of hydrogen-bond donors (Lipinski definition) is 2. The number of hydrogen-bond acceptors (Lipinski definition) is 8. The first kappa shape index (κ1) is 17.3. The largest absolute Gasteiger partial charge is 0.480 e. The molecule has 2 aromatic rings. The van der Waals surface area contributed by atoms with Crippen LogP contribution in [0.15, 0.2) is 47.6 Å². The molecule has 0 saturated carbocycles. The van der Waals surface area contributed by atoms with Crippen LogP contribution in [0.1, 0.15) is 30.0 Å². The van der Waals surface area contributed by atoms with Gasteiger partial charge in [0, 0.05) is 11.9 Å². The molecule has 0 spiro atoms. The fraction of sp³-hybridized carbons (Fsp3) is 0.235. The zero-order chi connectivity index (χ0) is 18.7. The number of nitrogens with one attached hydrogen (secondary N) is 1. The number of pyridine rings is 1. The fourth-order valence-corrected chi connectivity index (χ4v) is 2.52. The predicted molar refractivity (Wildman–Crippen MR) is 94.6 cm³/mol. The predicted octanol–water partition coefficient (Wildman–Crippen LogP) is 1.60. The van der Waals surface area contributed by atoms with Crippen LogP contribution in [-0.4, -0.2) is 34.0 Å². The second-order valence-electron chi connectivity index (χ2n) is 5.78. The number of carbonyl (C=O) groups is 1. The van der Waals surface area contributed by atoms with Gasteiger partial charge in [0.25, 0.3) is 11.9 Å². The van der Waals surface area contributed by atoms with Gasteiger partial charge in [-0.15, -0.1) is 0 Å². The molecule has 1 amide bonds. The normalized spacial score (nSPS) is 19.0. The number of rotatable bonds is 4. The van der Waals surface area contributed by atoms with Crippen LogP contribution in [0.25, 0.3) is 0 Å². The monoisotopic (exact) mass is 354 g/mol. The maximum absolute atomic E-state index is 12.3. The maximum Gasteiger partial charge on any atom is 0.288 e.